The van der Waals surface area contributed by atoms with Gasteiger partial charge in [0.15, 0.2) is 0 Å². The first-order valence-electron chi connectivity index (χ1n) is 5.09. The van der Waals surface area contributed by atoms with E-state index in [9.17, 15) is 4.79 Å². The van der Waals surface area contributed by atoms with Crippen molar-refractivity contribution in [1.29, 1.82) is 0 Å². The van der Waals surface area contributed by atoms with Crippen LogP contribution < -0.4 is 5.73 Å². The Hall–Kier alpha value is -1.38. The molecule has 0 fully saturated rings. The molecule has 2 rings (SSSR count). The standard InChI is InChI=1S/C10H11N3O3S2/c11-6(10(14)15)4-17-5-8-12-9(13-16-8)7-2-1-3-18-7/h1-3,6H,4-5,11H2,(H,14,15)/t6-/m0/s1. The van der Waals surface area contributed by atoms with Gasteiger partial charge in [-0.3, -0.25) is 4.79 Å². The molecule has 0 aliphatic heterocycles. The van der Waals surface area contributed by atoms with Crippen LogP contribution in [0.25, 0.3) is 10.7 Å². The second-order valence-corrected chi connectivity index (χ2v) is 5.43. The van der Waals surface area contributed by atoms with Crippen LogP contribution in [0.2, 0.25) is 0 Å². The number of hydrogen-bond donors (Lipinski definition) is 2. The second-order valence-electron chi connectivity index (χ2n) is 3.45. The van der Waals surface area contributed by atoms with E-state index in [0.717, 1.165) is 4.88 Å². The third-order valence-electron chi connectivity index (χ3n) is 2.05. The topological polar surface area (TPSA) is 102 Å². The summed E-state index contributed by atoms with van der Waals surface area (Å²) in [5.41, 5.74) is 5.38. The molecule has 6 nitrogen and oxygen atoms in total. The number of nitrogens with two attached hydrogens (primary N) is 1. The van der Waals surface area contributed by atoms with E-state index in [-0.39, 0.29) is 0 Å². The highest BCUT2D eigenvalue weighted by molar-refractivity contribution is 7.98. The maximum atomic E-state index is 10.5. The maximum Gasteiger partial charge on any atom is 0.321 e. The monoisotopic (exact) mass is 285 g/mol. The van der Waals surface area contributed by atoms with Crippen molar-refractivity contribution >= 4 is 29.1 Å². The SMILES string of the molecule is N[C@@H](CSCc1nc(-c2cccs2)no1)C(=O)O. The number of rotatable bonds is 6. The first-order chi connectivity index (χ1) is 8.66. The van der Waals surface area contributed by atoms with Gasteiger partial charge in [0.25, 0.3) is 0 Å². The minimum Gasteiger partial charge on any atom is -0.480 e. The molecule has 2 aromatic rings. The molecule has 2 aromatic heterocycles. The Balaban J connectivity index is 1.86. The van der Waals surface area contributed by atoms with Crippen molar-refractivity contribution in [3.63, 3.8) is 0 Å². The first kappa shape index (κ1) is 13.1. The van der Waals surface area contributed by atoms with Gasteiger partial charge in [0.1, 0.15) is 6.04 Å². The van der Waals surface area contributed by atoms with Crippen molar-refractivity contribution in [2.45, 2.75) is 11.8 Å². The summed E-state index contributed by atoms with van der Waals surface area (Å²) in [6.07, 6.45) is 0. The van der Waals surface area contributed by atoms with Crippen molar-refractivity contribution < 1.29 is 14.4 Å². The lowest BCUT2D eigenvalue weighted by Crippen LogP contribution is -2.32. The minimum absolute atomic E-state index is 0.312. The number of carbonyl (C=O) groups is 1. The van der Waals surface area contributed by atoms with Crippen molar-refractivity contribution in [3.05, 3.63) is 23.4 Å². The van der Waals surface area contributed by atoms with Gasteiger partial charge in [-0.1, -0.05) is 11.2 Å². The molecule has 8 heteroatoms. The fourth-order valence-corrected chi connectivity index (χ4v) is 2.62. The molecular weight excluding hydrogens is 274 g/mol. The molecule has 2 heterocycles. The van der Waals surface area contributed by atoms with E-state index < -0.39 is 12.0 Å². The van der Waals surface area contributed by atoms with Gasteiger partial charge in [-0.25, -0.2) is 0 Å². The van der Waals surface area contributed by atoms with Gasteiger partial charge in [-0.2, -0.15) is 4.98 Å². The molecule has 96 valence electrons. The molecule has 0 aliphatic rings. The molecule has 0 saturated carbocycles. The number of hydrogen-bond acceptors (Lipinski definition) is 7. The number of nitrogens with zero attached hydrogens (tertiary/aromatic N) is 2. The van der Waals surface area contributed by atoms with Gasteiger partial charge in [-0.05, 0) is 11.4 Å². The molecule has 0 aliphatic carbocycles. The molecule has 1 atom stereocenters. The molecule has 0 saturated heterocycles. The van der Waals surface area contributed by atoms with Crippen molar-refractivity contribution in [1.82, 2.24) is 10.1 Å². The van der Waals surface area contributed by atoms with Crippen LogP contribution in [0, 0.1) is 0 Å². The average molecular weight is 285 g/mol. The van der Waals surface area contributed by atoms with Crippen LogP contribution in [0.5, 0.6) is 0 Å². The van der Waals surface area contributed by atoms with E-state index in [1.165, 1.54) is 23.1 Å². The average Bonchev–Trinajstić information content (AvgIpc) is 2.98. The summed E-state index contributed by atoms with van der Waals surface area (Å²) in [6.45, 7) is 0. The number of thioether (sulfide) groups is 1. The summed E-state index contributed by atoms with van der Waals surface area (Å²) in [4.78, 5) is 15.7. The zero-order chi connectivity index (χ0) is 13.0. The van der Waals surface area contributed by atoms with Crippen LogP contribution in [0.1, 0.15) is 5.89 Å². The quantitative estimate of drug-likeness (QED) is 0.827. The zero-order valence-corrected chi connectivity index (χ0v) is 10.9. The van der Waals surface area contributed by atoms with E-state index in [1.54, 1.807) is 0 Å². The molecule has 0 radical (unpaired) electrons. The molecule has 0 amide bonds. The largest absolute Gasteiger partial charge is 0.480 e. The van der Waals surface area contributed by atoms with Gasteiger partial charge < -0.3 is 15.4 Å². The van der Waals surface area contributed by atoms with Crippen molar-refractivity contribution in [3.8, 4) is 10.7 Å². The molecule has 0 spiro atoms. The van der Waals surface area contributed by atoms with Crippen LogP contribution in [0.4, 0.5) is 0 Å². The summed E-state index contributed by atoms with van der Waals surface area (Å²) < 4.78 is 5.07. The van der Waals surface area contributed by atoms with Crippen LogP contribution in [-0.4, -0.2) is 33.0 Å². The van der Waals surface area contributed by atoms with Crippen LogP contribution in [-0.2, 0) is 10.5 Å². The Labute approximate surface area is 111 Å². The number of aliphatic carboxylic acids is 1. The first-order valence-corrected chi connectivity index (χ1v) is 7.13. The van der Waals surface area contributed by atoms with Gasteiger partial charge in [0.05, 0.1) is 10.6 Å². The predicted octanol–water partition coefficient (Wildman–Crippen LogP) is 1.44. The van der Waals surface area contributed by atoms with Crippen molar-refractivity contribution in [2.75, 3.05) is 5.75 Å². The van der Waals surface area contributed by atoms with E-state index in [1.807, 2.05) is 17.5 Å². The zero-order valence-electron chi connectivity index (χ0n) is 9.28. The van der Waals surface area contributed by atoms with Crippen LogP contribution in [0.15, 0.2) is 22.0 Å². The number of carboxylic acid groups (broad SMARTS) is 1. The molecule has 0 unspecified atom stereocenters. The third-order valence-corrected chi connectivity index (χ3v) is 3.96. The van der Waals surface area contributed by atoms with Gasteiger partial charge in [-0.15, -0.1) is 23.1 Å². The summed E-state index contributed by atoms with van der Waals surface area (Å²) >= 11 is 2.89. The lowest BCUT2D eigenvalue weighted by atomic mass is 10.4. The Morgan fingerprint density at radius 2 is 2.50 bits per heavy atom. The van der Waals surface area contributed by atoms with E-state index in [4.69, 9.17) is 15.4 Å². The highest BCUT2D eigenvalue weighted by Crippen LogP contribution is 2.22. The Kier molecular flexibility index (Phi) is 4.34. The van der Waals surface area contributed by atoms with Crippen LogP contribution in [0.3, 0.4) is 0 Å². The number of aromatic nitrogens is 2. The normalized spacial score (nSPS) is 12.5. The van der Waals surface area contributed by atoms with Gasteiger partial charge in [0, 0.05) is 5.75 Å². The Morgan fingerprint density at radius 3 is 3.17 bits per heavy atom. The Bertz CT molecular complexity index is 512. The number of thiophene rings is 1. The summed E-state index contributed by atoms with van der Waals surface area (Å²) in [5, 5.41) is 14.4. The predicted molar refractivity (Wildman–Crippen MR) is 69.4 cm³/mol. The van der Waals surface area contributed by atoms with Gasteiger partial charge in [0.2, 0.25) is 11.7 Å². The lowest BCUT2D eigenvalue weighted by Gasteiger charge is -2.03. The molecule has 0 aromatic carbocycles. The molecular formula is C10H11N3O3S2. The summed E-state index contributed by atoms with van der Waals surface area (Å²) in [7, 11) is 0. The fourth-order valence-electron chi connectivity index (χ4n) is 1.16. The van der Waals surface area contributed by atoms with Crippen LogP contribution >= 0.6 is 23.1 Å². The highest BCUT2D eigenvalue weighted by atomic mass is 32.2. The minimum atomic E-state index is -1.01. The summed E-state index contributed by atoms with van der Waals surface area (Å²) in [5.74, 6) is 0.794. The fraction of sp³-hybridized carbons (Fsp3) is 0.300. The highest BCUT2D eigenvalue weighted by Gasteiger charge is 2.13. The number of carboxylic acids is 1. The maximum absolute atomic E-state index is 10.5. The van der Waals surface area contributed by atoms with Crippen molar-refractivity contribution in [2.24, 2.45) is 5.73 Å². The van der Waals surface area contributed by atoms with E-state index >= 15 is 0 Å². The summed E-state index contributed by atoms with van der Waals surface area (Å²) in [6, 6.07) is 2.96. The molecule has 0 bridgehead atoms. The molecule has 3 N–H and O–H groups in total. The van der Waals surface area contributed by atoms with E-state index in [0.29, 0.717) is 23.2 Å². The lowest BCUT2D eigenvalue weighted by molar-refractivity contribution is -0.137. The van der Waals surface area contributed by atoms with E-state index in [2.05, 4.69) is 10.1 Å². The second kappa shape index (κ2) is 5.98. The third kappa shape index (κ3) is 3.31. The van der Waals surface area contributed by atoms with Gasteiger partial charge >= 0.3 is 5.97 Å². The smallest absolute Gasteiger partial charge is 0.321 e. The molecule has 18 heavy (non-hydrogen) atoms. The Morgan fingerprint density at radius 1 is 1.67 bits per heavy atom.